The van der Waals surface area contributed by atoms with Crippen LogP contribution in [0.15, 0.2) is 18.2 Å². The fourth-order valence-corrected chi connectivity index (χ4v) is 3.30. The lowest BCUT2D eigenvalue weighted by molar-refractivity contribution is 0.146. The van der Waals surface area contributed by atoms with Crippen molar-refractivity contribution in [2.45, 2.75) is 78.7 Å². The molecule has 3 N–H and O–H groups in total. The molecule has 0 bridgehead atoms. The summed E-state index contributed by atoms with van der Waals surface area (Å²) < 4.78 is 11.5. The number of nitrogens with two attached hydrogens (primary N) is 1. The maximum absolute atomic E-state index is 9.63. The molecule has 0 aromatic heterocycles. The number of aryl methyl sites for hydroxylation is 1. The highest BCUT2D eigenvalue weighted by Crippen LogP contribution is 2.30. The lowest BCUT2D eigenvalue weighted by Crippen LogP contribution is -2.48. The Morgan fingerprint density at radius 2 is 1.75 bits per heavy atom. The zero-order valence-electron chi connectivity index (χ0n) is 19.0. The minimum atomic E-state index is -0.548. The largest absolute Gasteiger partial charge is 0.493 e. The van der Waals surface area contributed by atoms with Gasteiger partial charge in [-0.1, -0.05) is 59.9 Å². The first kappa shape index (κ1) is 24.8. The Balaban J connectivity index is 2.54. The number of hydrogen-bond donors (Lipinski definition) is 2. The fourth-order valence-electron chi connectivity index (χ4n) is 3.30. The van der Waals surface area contributed by atoms with Crippen molar-refractivity contribution < 1.29 is 14.6 Å². The Hall–Kier alpha value is -1.26. The topological polar surface area (TPSA) is 64.7 Å². The van der Waals surface area contributed by atoms with Crippen LogP contribution in [0.2, 0.25) is 0 Å². The van der Waals surface area contributed by atoms with Crippen LogP contribution in [0.3, 0.4) is 0 Å². The molecule has 28 heavy (non-hydrogen) atoms. The summed E-state index contributed by atoms with van der Waals surface area (Å²) in [5.41, 5.74) is 6.93. The van der Waals surface area contributed by atoms with Gasteiger partial charge in [0.2, 0.25) is 0 Å². The van der Waals surface area contributed by atoms with Gasteiger partial charge in [-0.15, -0.1) is 0 Å². The van der Waals surface area contributed by atoms with Crippen LogP contribution in [0.1, 0.15) is 72.3 Å². The van der Waals surface area contributed by atoms with Gasteiger partial charge >= 0.3 is 0 Å². The molecule has 0 saturated heterocycles. The van der Waals surface area contributed by atoms with Gasteiger partial charge in [0.25, 0.3) is 0 Å². The van der Waals surface area contributed by atoms with Gasteiger partial charge in [-0.3, -0.25) is 0 Å². The van der Waals surface area contributed by atoms with E-state index in [1.165, 1.54) is 19.3 Å². The zero-order chi connectivity index (χ0) is 21.2. The molecule has 2 atom stereocenters. The highest BCUT2D eigenvalue weighted by molar-refractivity contribution is 5.43. The Bertz CT molecular complexity index is 559. The van der Waals surface area contributed by atoms with E-state index in [2.05, 4.69) is 40.7 Å². The molecule has 1 aromatic rings. The number of rotatable bonds is 14. The van der Waals surface area contributed by atoms with Crippen LogP contribution in [0.25, 0.3) is 0 Å². The molecule has 4 heteroatoms. The zero-order valence-corrected chi connectivity index (χ0v) is 19.0. The molecular weight excluding hydrogens is 350 g/mol. The standard InChI is InChI=1S/C24H43NO3/c1-18(2)8-7-9-20(5)13-15-28-22-11-10-21(16-23(22)27-6)12-14-24(25,17-26)19(3)4/h10-11,16,18-20,26H,7-9,12-15,17,25H2,1-6H3/t20?,24-/m1/s1. The summed E-state index contributed by atoms with van der Waals surface area (Å²) in [4.78, 5) is 0. The number of ether oxygens (including phenoxy) is 2. The second kappa shape index (κ2) is 12.3. The molecule has 0 saturated carbocycles. The molecule has 0 aliphatic heterocycles. The van der Waals surface area contributed by atoms with Gasteiger partial charge in [-0.25, -0.2) is 0 Å². The minimum Gasteiger partial charge on any atom is -0.493 e. The molecule has 0 fully saturated rings. The van der Waals surface area contributed by atoms with Gasteiger partial charge in [-0.2, -0.15) is 0 Å². The summed E-state index contributed by atoms with van der Waals surface area (Å²) in [6.45, 7) is 11.7. The van der Waals surface area contributed by atoms with E-state index in [4.69, 9.17) is 15.2 Å². The first-order valence-electron chi connectivity index (χ1n) is 10.9. The van der Waals surface area contributed by atoms with Crippen LogP contribution in [0, 0.1) is 17.8 Å². The van der Waals surface area contributed by atoms with Crippen LogP contribution in [-0.4, -0.2) is 31.0 Å². The molecule has 0 heterocycles. The maximum Gasteiger partial charge on any atom is 0.161 e. The highest BCUT2D eigenvalue weighted by Gasteiger charge is 2.27. The van der Waals surface area contributed by atoms with Crippen molar-refractivity contribution in [1.82, 2.24) is 0 Å². The van der Waals surface area contributed by atoms with E-state index in [0.29, 0.717) is 12.5 Å². The van der Waals surface area contributed by atoms with Gasteiger partial charge in [0.05, 0.1) is 20.3 Å². The second-order valence-corrected chi connectivity index (χ2v) is 9.10. The quantitative estimate of drug-likeness (QED) is 0.456. The molecule has 0 spiro atoms. The van der Waals surface area contributed by atoms with Crippen LogP contribution in [0.4, 0.5) is 0 Å². The van der Waals surface area contributed by atoms with Crippen molar-refractivity contribution in [2.75, 3.05) is 20.3 Å². The van der Waals surface area contributed by atoms with E-state index < -0.39 is 5.54 Å². The third-order valence-corrected chi connectivity index (χ3v) is 5.90. The van der Waals surface area contributed by atoms with Crippen molar-refractivity contribution >= 4 is 0 Å². The third kappa shape index (κ3) is 8.40. The smallest absolute Gasteiger partial charge is 0.161 e. The fraction of sp³-hybridized carbons (Fsp3) is 0.750. The van der Waals surface area contributed by atoms with Crippen LogP contribution in [0.5, 0.6) is 11.5 Å². The van der Waals surface area contributed by atoms with Crippen molar-refractivity contribution in [3.63, 3.8) is 0 Å². The molecule has 162 valence electrons. The van der Waals surface area contributed by atoms with Gasteiger partial charge in [0.1, 0.15) is 0 Å². The van der Waals surface area contributed by atoms with Crippen molar-refractivity contribution in [3.8, 4) is 11.5 Å². The van der Waals surface area contributed by atoms with Crippen molar-refractivity contribution in [3.05, 3.63) is 23.8 Å². The summed E-state index contributed by atoms with van der Waals surface area (Å²) in [5, 5.41) is 9.63. The Kier molecular flexibility index (Phi) is 10.9. The predicted molar refractivity (Wildman–Crippen MR) is 118 cm³/mol. The molecule has 1 unspecified atom stereocenters. The number of benzene rings is 1. The van der Waals surface area contributed by atoms with Gasteiger partial charge in [0.15, 0.2) is 11.5 Å². The van der Waals surface area contributed by atoms with E-state index in [1.807, 2.05) is 12.1 Å². The van der Waals surface area contributed by atoms with Crippen molar-refractivity contribution in [1.29, 1.82) is 0 Å². The summed E-state index contributed by atoms with van der Waals surface area (Å²) >= 11 is 0. The Morgan fingerprint density at radius 1 is 1.04 bits per heavy atom. The van der Waals surface area contributed by atoms with E-state index >= 15 is 0 Å². The normalized spacial score (nSPS) is 14.9. The molecule has 0 aliphatic rings. The average molecular weight is 394 g/mol. The number of methoxy groups -OCH3 is 1. The van der Waals surface area contributed by atoms with Gasteiger partial charge in [-0.05, 0) is 54.7 Å². The summed E-state index contributed by atoms with van der Waals surface area (Å²) in [6, 6.07) is 6.09. The molecule has 1 aromatic carbocycles. The minimum absolute atomic E-state index is 0.00164. The Morgan fingerprint density at radius 3 is 2.32 bits per heavy atom. The predicted octanol–water partition coefficient (Wildman–Crippen LogP) is 5.20. The number of hydrogen-bond acceptors (Lipinski definition) is 4. The molecule has 0 aliphatic carbocycles. The highest BCUT2D eigenvalue weighted by atomic mass is 16.5. The van der Waals surface area contributed by atoms with Crippen molar-refractivity contribution in [2.24, 2.45) is 23.5 Å². The SMILES string of the molecule is COc1cc(CC[C@@](N)(CO)C(C)C)ccc1OCCC(C)CCCC(C)C. The van der Waals surface area contributed by atoms with E-state index in [9.17, 15) is 5.11 Å². The number of aliphatic hydroxyl groups is 1. The van der Waals surface area contributed by atoms with Gasteiger partial charge in [0, 0.05) is 5.54 Å². The first-order chi connectivity index (χ1) is 13.2. The molecule has 0 amide bonds. The first-order valence-corrected chi connectivity index (χ1v) is 10.9. The molecule has 4 nitrogen and oxygen atoms in total. The molecule has 1 rings (SSSR count). The van der Waals surface area contributed by atoms with E-state index in [1.54, 1.807) is 7.11 Å². The van der Waals surface area contributed by atoms with Gasteiger partial charge < -0.3 is 20.3 Å². The second-order valence-electron chi connectivity index (χ2n) is 9.10. The van der Waals surface area contributed by atoms with E-state index in [-0.39, 0.29) is 12.5 Å². The molecular formula is C24H43NO3. The third-order valence-electron chi connectivity index (χ3n) is 5.90. The van der Waals surface area contributed by atoms with Crippen LogP contribution in [-0.2, 0) is 6.42 Å². The monoisotopic (exact) mass is 393 g/mol. The lowest BCUT2D eigenvalue weighted by atomic mass is 9.83. The summed E-state index contributed by atoms with van der Waals surface area (Å²) in [7, 11) is 1.68. The molecule has 0 radical (unpaired) electrons. The van der Waals surface area contributed by atoms with Crippen LogP contribution < -0.4 is 15.2 Å². The summed E-state index contributed by atoms with van der Waals surface area (Å²) in [6.07, 6.45) is 6.46. The lowest BCUT2D eigenvalue weighted by Gasteiger charge is -2.31. The number of aliphatic hydroxyl groups excluding tert-OH is 1. The van der Waals surface area contributed by atoms with E-state index in [0.717, 1.165) is 42.2 Å². The Labute approximate surface area is 172 Å². The average Bonchev–Trinajstić information content (AvgIpc) is 2.66. The summed E-state index contributed by atoms with van der Waals surface area (Å²) in [5.74, 6) is 3.25. The van der Waals surface area contributed by atoms with Crippen LogP contribution >= 0.6 is 0 Å². The maximum atomic E-state index is 9.63.